The number of carboxylic acid groups (broad SMARTS) is 1. The van der Waals surface area contributed by atoms with Gasteiger partial charge in [0.2, 0.25) is 0 Å². The van der Waals surface area contributed by atoms with Gasteiger partial charge in [0, 0.05) is 32.9 Å². The van der Waals surface area contributed by atoms with Crippen LogP contribution in [-0.4, -0.2) is 27.1 Å². The smallest absolute Gasteiger partial charge is 0.323 e. The maximum atomic E-state index is 12.4. The summed E-state index contributed by atoms with van der Waals surface area (Å²) < 4.78 is 0.963. The van der Waals surface area contributed by atoms with Crippen LogP contribution in [0.4, 0.5) is 16.2 Å². The van der Waals surface area contributed by atoms with Gasteiger partial charge in [0.05, 0.1) is 21.8 Å². The summed E-state index contributed by atoms with van der Waals surface area (Å²) in [6.45, 7) is 1.71. The van der Waals surface area contributed by atoms with Crippen LogP contribution in [0.1, 0.15) is 12.5 Å². The van der Waals surface area contributed by atoms with Crippen molar-refractivity contribution in [3.8, 4) is 22.4 Å². The van der Waals surface area contributed by atoms with E-state index in [2.05, 4.69) is 26.0 Å². The van der Waals surface area contributed by atoms with Gasteiger partial charge in [-0.25, -0.2) is 14.8 Å². The molecule has 5 rings (SSSR count). The number of nitrogens with zero attached hydrogens (tertiary/aromatic N) is 2. The molecular formula is C29H23ClN4O3S. The van der Waals surface area contributed by atoms with Crippen LogP contribution in [0.15, 0.2) is 84.5 Å². The molecular weight excluding hydrogens is 520 g/mol. The second-order valence-electron chi connectivity index (χ2n) is 8.86. The molecule has 5 aromatic rings. The van der Waals surface area contributed by atoms with Crippen LogP contribution in [-0.2, 0) is 11.2 Å². The van der Waals surface area contributed by atoms with E-state index in [1.165, 1.54) is 0 Å². The van der Waals surface area contributed by atoms with Gasteiger partial charge in [-0.3, -0.25) is 4.79 Å². The molecule has 3 N–H and O–H groups in total. The molecule has 0 aliphatic carbocycles. The fourth-order valence-corrected chi connectivity index (χ4v) is 5.32. The summed E-state index contributed by atoms with van der Waals surface area (Å²) in [6, 6.07) is 22.0. The maximum Gasteiger partial charge on any atom is 0.323 e. The van der Waals surface area contributed by atoms with E-state index in [0.29, 0.717) is 22.8 Å². The first-order valence-electron chi connectivity index (χ1n) is 11.9. The van der Waals surface area contributed by atoms with Crippen molar-refractivity contribution in [2.75, 3.05) is 10.6 Å². The lowest BCUT2D eigenvalue weighted by Crippen LogP contribution is -2.19. The number of nitrogens with one attached hydrogen (secondary N) is 2. The average Bonchev–Trinajstić information content (AvgIpc) is 3.34. The third-order valence-corrected chi connectivity index (χ3v) is 7.29. The minimum absolute atomic E-state index is 0.365. The molecule has 2 aromatic heterocycles. The monoisotopic (exact) mass is 542 g/mol. The number of aromatic nitrogens is 2. The molecule has 38 heavy (non-hydrogen) atoms. The van der Waals surface area contributed by atoms with E-state index >= 15 is 0 Å². The number of amides is 2. The number of thiophene rings is 1. The molecule has 0 fully saturated rings. The molecule has 3 aromatic carbocycles. The van der Waals surface area contributed by atoms with Crippen molar-refractivity contribution in [1.29, 1.82) is 0 Å². The van der Waals surface area contributed by atoms with E-state index < -0.39 is 11.9 Å². The molecule has 0 spiro atoms. The van der Waals surface area contributed by atoms with Gasteiger partial charge >= 0.3 is 12.0 Å². The van der Waals surface area contributed by atoms with E-state index in [-0.39, 0.29) is 6.03 Å². The molecule has 7 nitrogen and oxygen atoms in total. The number of halogens is 1. The van der Waals surface area contributed by atoms with Crippen molar-refractivity contribution in [3.63, 3.8) is 0 Å². The highest BCUT2D eigenvalue weighted by molar-refractivity contribution is 7.18. The van der Waals surface area contributed by atoms with Gasteiger partial charge in [-0.1, -0.05) is 61.0 Å². The Morgan fingerprint density at radius 3 is 2.37 bits per heavy atom. The first-order chi connectivity index (χ1) is 18.4. The average molecular weight is 543 g/mol. The number of rotatable bonds is 7. The van der Waals surface area contributed by atoms with Crippen molar-refractivity contribution in [1.82, 2.24) is 9.97 Å². The van der Waals surface area contributed by atoms with E-state index in [0.717, 1.165) is 38.2 Å². The highest BCUT2D eigenvalue weighted by Gasteiger charge is 2.15. The minimum atomic E-state index is -0.799. The van der Waals surface area contributed by atoms with Crippen LogP contribution in [0.5, 0.6) is 0 Å². The van der Waals surface area contributed by atoms with Crippen LogP contribution < -0.4 is 10.6 Å². The van der Waals surface area contributed by atoms with Gasteiger partial charge in [0.15, 0.2) is 0 Å². The zero-order valence-electron chi connectivity index (χ0n) is 20.3. The lowest BCUT2D eigenvalue weighted by atomic mass is 9.98. The van der Waals surface area contributed by atoms with Crippen LogP contribution >= 0.6 is 22.9 Å². The maximum absolute atomic E-state index is 12.4. The first-order valence-corrected chi connectivity index (χ1v) is 13.1. The molecule has 0 saturated carbocycles. The standard InChI is InChI=1S/C29H23ClN4O3S/c1-17(28(35)36)13-18-5-7-19(8-6-18)24-15-38-27-25(31-16-32-26(24)27)20-9-11-22(12-10-20)33-29(37)34-23-4-2-3-21(30)14-23/h2-12,14-17H,13H2,1H3,(H,35,36)(H2,33,34,37). The number of hydrogen-bond acceptors (Lipinski definition) is 5. The Bertz CT molecular complexity index is 1620. The van der Waals surface area contributed by atoms with Gasteiger partial charge in [-0.05, 0) is 47.9 Å². The summed E-state index contributed by atoms with van der Waals surface area (Å²) in [5.74, 6) is -1.23. The fraction of sp³-hybridized carbons (Fsp3) is 0.103. The predicted molar refractivity (Wildman–Crippen MR) is 153 cm³/mol. The third-order valence-electron chi connectivity index (χ3n) is 6.08. The number of carbonyl (C=O) groups is 2. The molecule has 0 radical (unpaired) electrons. The van der Waals surface area contributed by atoms with Crippen molar-refractivity contribution >= 4 is 56.5 Å². The van der Waals surface area contributed by atoms with Gasteiger partial charge in [-0.15, -0.1) is 11.3 Å². The molecule has 0 bridgehead atoms. The lowest BCUT2D eigenvalue weighted by molar-refractivity contribution is -0.141. The van der Waals surface area contributed by atoms with Crippen molar-refractivity contribution in [2.24, 2.45) is 5.92 Å². The Morgan fingerprint density at radius 1 is 0.947 bits per heavy atom. The van der Waals surface area contributed by atoms with Crippen LogP contribution in [0.25, 0.3) is 32.6 Å². The second kappa shape index (κ2) is 11.0. The summed E-state index contributed by atoms with van der Waals surface area (Å²) in [7, 11) is 0. The van der Waals surface area contributed by atoms with E-state index in [1.54, 1.807) is 48.9 Å². The van der Waals surface area contributed by atoms with Crippen molar-refractivity contribution < 1.29 is 14.7 Å². The third kappa shape index (κ3) is 5.66. The number of benzene rings is 3. The number of carboxylic acids is 1. The Kier molecular flexibility index (Phi) is 7.35. The largest absolute Gasteiger partial charge is 0.481 e. The van der Waals surface area contributed by atoms with Gasteiger partial charge in [0.25, 0.3) is 0 Å². The van der Waals surface area contributed by atoms with Crippen molar-refractivity contribution in [2.45, 2.75) is 13.3 Å². The summed E-state index contributed by atoms with van der Waals surface area (Å²) in [6.07, 6.45) is 2.04. The fourth-order valence-electron chi connectivity index (χ4n) is 4.09. The lowest BCUT2D eigenvalue weighted by Gasteiger charge is -2.09. The zero-order valence-corrected chi connectivity index (χ0v) is 21.9. The van der Waals surface area contributed by atoms with E-state index in [4.69, 9.17) is 16.7 Å². The molecule has 2 heterocycles. The van der Waals surface area contributed by atoms with Crippen LogP contribution in [0, 0.1) is 5.92 Å². The normalized spacial score (nSPS) is 11.7. The molecule has 0 aliphatic rings. The Labute approximate surface area is 228 Å². The quantitative estimate of drug-likeness (QED) is 0.196. The molecule has 1 atom stereocenters. The van der Waals surface area contributed by atoms with Crippen molar-refractivity contribution in [3.05, 3.63) is 95.1 Å². The Morgan fingerprint density at radius 2 is 1.66 bits per heavy atom. The van der Waals surface area contributed by atoms with Gasteiger partial charge in [0.1, 0.15) is 6.33 Å². The number of carbonyl (C=O) groups excluding carboxylic acids is 1. The van der Waals surface area contributed by atoms with E-state index in [9.17, 15) is 9.59 Å². The first kappa shape index (κ1) is 25.4. The zero-order chi connectivity index (χ0) is 26.6. The molecule has 1 unspecified atom stereocenters. The molecule has 2 amide bonds. The SMILES string of the molecule is CC(Cc1ccc(-c2csc3c(-c4ccc(NC(=O)Nc5cccc(Cl)c5)cc4)ncnc23)cc1)C(=O)O. The number of urea groups is 1. The number of anilines is 2. The summed E-state index contributed by atoms with van der Waals surface area (Å²) in [4.78, 5) is 32.6. The number of fused-ring (bicyclic) bond motifs is 1. The van der Waals surface area contributed by atoms with Gasteiger partial charge in [-0.2, -0.15) is 0 Å². The predicted octanol–water partition coefficient (Wildman–Crippen LogP) is 7.59. The molecule has 0 saturated heterocycles. The molecule has 0 aliphatic heterocycles. The Hall–Kier alpha value is -4.27. The van der Waals surface area contributed by atoms with E-state index in [1.807, 2.05) is 48.5 Å². The minimum Gasteiger partial charge on any atom is -0.481 e. The Balaban J connectivity index is 1.33. The number of aliphatic carboxylic acids is 1. The summed E-state index contributed by atoms with van der Waals surface area (Å²) in [5, 5.41) is 17.3. The molecule has 190 valence electrons. The van der Waals surface area contributed by atoms with Gasteiger partial charge < -0.3 is 15.7 Å². The summed E-state index contributed by atoms with van der Waals surface area (Å²) in [5.41, 5.74) is 6.82. The van der Waals surface area contributed by atoms with Crippen LogP contribution in [0.3, 0.4) is 0 Å². The summed E-state index contributed by atoms with van der Waals surface area (Å²) >= 11 is 7.55. The highest BCUT2D eigenvalue weighted by Crippen LogP contribution is 2.37. The molecule has 9 heteroatoms. The highest BCUT2D eigenvalue weighted by atomic mass is 35.5. The second-order valence-corrected chi connectivity index (χ2v) is 10.2. The number of hydrogen-bond donors (Lipinski definition) is 3. The topological polar surface area (TPSA) is 104 Å². The van der Waals surface area contributed by atoms with Crippen LogP contribution in [0.2, 0.25) is 5.02 Å².